The van der Waals surface area contributed by atoms with Crippen LogP contribution in [0.4, 0.5) is 5.69 Å². The Morgan fingerprint density at radius 3 is 2.81 bits per heavy atom. The highest BCUT2D eigenvalue weighted by Crippen LogP contribution is 2.27. The molecule has 1 aromatic carbocycles. The van der Waals surface area contributed by atoms with Gasteiger partial charge in [0.1, 0.15) is 0 Å². The van der Waals surface area contributed by atoms with Crippen LogP contribution < -0.4 is 4.90 Å². The van der Waals surface area contributed by atoms with Crippen LogP contribution in [0.2, 0.25) is 0 Å². The summed E-state index contributed by atoms with van der Waals surface area (Å²) >= 11 is 0. The first kappa shape index (κ1) is 11.4. The second kappa shape index (κ2) is 4.85. The molecule has 3 heteroatoms. The molecule has 0 spiro atoms. The Balaban J connectivity index is 2.20. The van der Waals surface area contributed by atoms with Gasteiger partial charge in [0.15, 0.2) is 0 Å². The molecule has 3 nitrogen and oxygen atoms in total. The minimum Gasteiger partial charge on any atom is -0.396 e. The third-order valence-electron chi connectivity index (χ3n) is 3.29. The van der Waals surface area contributed by atoms with Gasteiger partial charge in [-0.2, -0.15) is 0 Å². The molecule has 0 amide bonds. The number of hydrogen-bond acceptors (Lipinski definition) is 3. The maximum Gasteiger partial charge on any atom is 0.0702 e. The lowest BCUT2D eigenvalue weighted by atomic mass is 10.1. The number of aliphatic hydroxyl groups excluding tert-OH is 2. The largest absolute Gasteiger partial charge is 0.396 e. The van der Waals surface area contributed by atoms with Gasteiger partial charge in [0.25, 0.3) is 0 Å². The predicted octanol–water partition coefficient (Wildman–Crippen LogP) is 1.31. The van der Waals surface area contributed by atoms with E-state index < -0.39 is 0 Å². The molecule has 2 rings (SSSR count). The van der Waals surface area contributed by atoms with Crippen molar-refractivity contribution in [2.24, 2.45) is 5.92 Å². The summed E-state index contributed by atoms with van der Waals surface area (Å²) in [6.45, 7) is 4.24. The summed E-state index contributed by atoms with van der Waals surface area (Å²) in [5, 5.41) is 18.5. The molecule has 88 valence electrons. The molecule has 1 atom stereocenters. The van der Waals surface area contributed by atoms with Gasteiger partial charge in [0, 0.05) is 36.9 Å². The highest BCUT2D eigenvalue weighted by Gasteiger charge is 2.23. The molecule has 0 saturated carbocycles. The standard InChI is InChI=1S/C13H19NO2/c1-10-2-3-13(12(6-10)9-16)14-5-4-11(7-14)8-15/h2-3,6,11,15-16H,4-5,7-9H2,1H3. The molecular formula is C13H19NO2. The summed E-state index contributed by atoms with van der Waals surface area (Å²) < 4.78 is 0. The Labute approximate surface area is 96.3 Å². The SMILES string of the molecule is Cc1ccc(N2CCC(CO)C2)c(CO)c1. The molecule has 0 bridgehead atoms. The zero-order valence-corrected chi connectivity index (χ0v) is 9.69. The van der Waals surface area contributed by atoms with Crippen molar-refractivity contribution in [3.05, 3.63) is 29.3 Å². The molecule has 0 aliphatic carbocycles. The van der Waals surface area contributed by atoms with Gasteiger partial charge in [-0.3, -0.25) is 0 Å². The Kier molecular flexibility index (Phi) is 3.46. The fourth-order valence-corrected chi connectivity index (χ4v) is 2.35. The summed E-state index contributed by atoms with van der Waals surface area (Å²) in [5.41, 5.74) is 3.27. The van der Waals surface area contributed by atoms with Gasteiger partial charge in [-0.15, -0.1) is 0 Å². The van der Waals surface area contributed by atoms with Gasteiger partial charge < -0.3 is 15.1 Å². The van der Waals surface area contributed by atoms with Gasteiger partial charge in [0.2, 0.25) is 0 Å². The van der Waals surface area contributed by atoms with Gasteiger partial charge in [-0.05, 0) is 19.4 Å². The number of rotatable bonds is 3. The first-order chi connectivity index (χ1) is 7.74. The van der Waals surface area contributed by atoms with Gasteiger partial charge in [-0.1, -0.05) is 17.7 Å². The van der Waals surface area contributed by atoms with Crippen LogP contribution in [0.3, 0.4) is 0 Å². The maximum absolute atomic E-state index is 9.35. The highest BCUT2D eigenvalue weighted by molar-refractivity contribution is 5.55. The van der Waals surface area contributed by atoms with Gasteiger partial charge >= 0.3 is 0 Å². The predicted molar refractivity (Wildman–Crippen MR) is 64.5 cm³/mol. The van der Waals surface area contributed by atoms with E-state index >= 15 is 0 Å². The van der Waals surface area contributed by atoms with Gasteiger partial charge in [-0.25, -0.2) is 0 Å². The molecule has 0 radical (unpaired) electrons. The molecular weight excluding hydrogens is 202 g/mol. The Morgan fingerprint density at radius 1 is 1.38 bits per heavy atom. The zero-order valence-electron chi connectivity index (χ0n) is 9.69. The quantitative estimate of drug-likeness (QED) is 0.808. The van der Waals surface area contributed by atoms with Crippen molar-refractivity contribution >= 4 is 5.69 Å². The van der Waals surface area contributed by atoms with E-state index in [1.807, 2.05) is 13.0 Å². The van der Waals surface area contributed by atoms with Crippen LogP contribution >= 0.6 is 0 Å². The molecule has 1 aliphatic heterocycles. The summed E-state index contributed by atoms with van der Waals surface area (Å²) in [6.07, 6.45) is 1.04. The Morgan fingerprint density at radius 2 is 2.19 bits per heavy atom. The topological polar surface area (TPSA) is 43.7 Å². The van der Waals surface area contributed by atoms with Crippen molar-refractivity contribution in [3.8, 4) is 0 Å². The van der Waals surface area contributed by atoms with E-state index in [0.717, 1.165) is 30.8 Å². The summed E-state index contributed by atoms with van der Waals surface area (Å²) in [6, 6.07) is 6.17. The lowest BCUT2D eigenvalue weighted by molar-refractivity contribution is 0.238. The molecule has 1 heterocycles. The van der Waals surface area contributed by atoms with E-state index in [4.69, 9.17) is 5.11 Å². The molecule has 1 unspecified atom stereocenters. The van der Waals surface area contributed by atoms with Crippen molar-refractivity contribution in [2.45, 2.75) is 20.0 Å². The van der Waals surface area contributed by atoms with Crippen LogP contribution in [-0.4, -0.2) is 29.9 Å². The third kappa shape index (κ3) is 2.20. The molecule has 16 heavy (non-hydrogen) atoms. The summed E-state index contributed by atoms with van der Waals surface area (Å²) in [5.74, 6) is 0.382. The Bertz CT molecular complexity index is 365. The second-order valence-corrected chi connectivity index (χ2v) is 4.57. The number of aliphatic hydroxyl groups is 2. The minimum atomic E-state index is 0.0807. The van der Waals surface area contributed by atoms with E-state index in [-0.39, 0.29) is 13.2 Å². The minimum absolute atomic E-state index is 0.0807. The van der Waals surface area contributed by atoms with Crippen LogP contribution in [-0.2, 0) is 6.61 Å². The van der Waals surface area contributed by atoms with E-state index in [1.54, 1.807) is 0 Å². The van der Waals surface area contributed by atoms with Crippen LogP contribution in [0.5, 0.6) is 0 Å². The summed E-state index contributed by atoms with van der Waals surface area (Å²) in [4.78, 5) is 2.26. The molecule has 1 aliphatic rings. The molecule has 1 saturated heterocycles. The average molecular weight is 221 g/mol. The third-order valence-corrected chi connectivity index (χ3v) is 3.29. The number of benzene rings is 1. The highest BCUT2D eigenvalue weighted by atomic mass is 16.3. The van der Waals surface area contributed by atoms with E-state index in [9.17, 15) is 5.11 Å². The van der Waals surface area contributed by atoms with Gasteiger partial charge in [0.05, 0.1) is 6.61 Å². The van der Waals surface area contributed by atoms with Crippen molar-refractivity contribution < 1.29 is 10.2 Å². The first-order valence-corrected chi connectivity index (χ1v) is 5.80. The van der Waals surface area contributed by atoms with Crippen molar-refractivity contribution in [2.75, 3.05) is 24.6 Å². The van der Waals surface area contributed by atoms with Crippen LogP contribution in [0.15, 0.2) is 18.2 Å². The second-order valence-electron chi connectivity index (χ2n) is 4.57. The number of aryl methyl sites for hydroxylation is 1. The molecule has 1 fully saturated rings. The fraction of sp³-hybridized carbons (Fsp3) is 0.538. The molecule has 0 aromatic heterocycles. The summed E-state index contributed by atoms with van der Waals surface area (Å²) in [7, 11) is 0. The fourth-order valence-electron chi connectivity index (χ4n) is 2.35. The van der Waals surface area contributed by atoms with E-state index in [1.165, 1.54) is 5.56 Å². The van der Waals surface area contributed by atoms with Crippen molar-refractivity contribution in [1.29, 1.82) is 0 Å². The number of hydrogen-bond donors (Lipinski definition) is 2. The Hall–Kier alpha value is -1.06. The average Bonchev–Trinajstić information content (AvgIpc) is 2.77. The molecule has 2 N–H and O–H groups in total. The lowest BCUT2D eigenvalue weighted by Gasteiger charge is -2.21. The first-order valence-electron chi connectivity index (χ1n) is 5.80. The van der Waals surface area contributed by atoms with Crippen LogP contribution in [0.1, 0.15) is 17.5 Å². The smallest absolute Gasteiger partial charge is 0.0702 e. The zero-order chi connectivity index (χ0) is 11.5. The van der Waals surface area contributed by atoms with E-state index in [2.05, 4.69) is 17.0 Å². The normalized spacial score (nSPS) is 20.4. The monoisotopic (exact) mass is 221 g/mol. The van der Waals surface area contributed by atoms with Crippen LogP contribution in [0.25, 0.3) is 0 Å². The maximum atomic E-state index is 9.35. The van der Waals surface area contributed by atoms with Crippen molar-refractivity contribution in [3.63, 3.8) is 0 Å². The lowest BCUT2D eigenvalue weighted by Crippen LogP contribution is -2.22. The van der Waals surface area contributed by atoms with Crippen molar-refractivity contribution in [1.82, 2.24) is 0 Å². The number of anilines is 1. The molecule has 1 aromatic rings. The van der Waals surface area contributed by atoms with Crippen LogP contribution in [0, 0.1) is 12.8 Å². The van der Waals surface area contributed by atoms with E-state index in [0.29, 0.717) is 5.92 Å². The number of nitrogens with zero attached hydrogens (tertiary/aromatic N) is 1.